The molecule has 17 rings (SSSR count). The van der Waals surface area contributed by atoms with Crippen molar-refractivity contribution in [3.63, 3.8) is 0 Å². The Balaban J connectivity index is 0.000000159. The Morgan fingerprint density at radius 1 is 0.315 bits per heavy atom. The highest BCUT2D eigenvalue weighted by Crippen LogP contribution is 2.39. The predicted molar refractivity (Wildman–Crippen MR) is 584 cm³/mol. The summed E-state index contributed by atoms with van der Waals surface area (Å²) in [5.74, 6) is 1.58. The Kier molecular flexibility index (Phi) is 43.7. The number of ether oxygens (including phenoxy) is 9. The van der Waals surface area contributed by atoms with E-state index in [-0.39, 0.29) is 62.1 Å². The highest BCUT2D eigenvalue weighted by Gasteiger charge is 2.23. The van der Waals surface area contributed by atoms with Gasteiger partial charge in [-0.15, -0.1) is 0 Å². The number of carboxylic acid groups (broad SMARTS) is 4. The molecule has 0 aliphatic heterocycles. The van der Waals surface area contributed by atoms with Crippen LogP contribution in [-0.4, -0.2) is 65.8 Å². The molecule has 2 unspecified atom stereocenters. The summed E-state index contributed by atoms with van der Waals surface area (Å²) in [6.45, 7) is 14.1. The molecule has 24 heteroatoms. The number of fused-ring (bicyclic) bond motifs is 2. The van der Waals surface area contributed by atoms with Crippen LogP contribution in [0.25, 0.3) is 21.8 Å². The fourth-order valence-electron chi connectivity index (χ4n) is 15.2. The molecule has 15 aromatic carbocycles. The number of aromatic nitrogens is 2. The van der Waals surface area contributed by atoms with Crippen LogP contribution in [0.1, 0.15) is 167 Å². The summed E-state index contributed by atoms with van der Waals surface area (Å²) in [4.78, 5) is 77.2. The van der Waals surface area contributed by atoms with Gasteiger partial charge in [-0.05, 0) is 224 Å². The molecule has 762 valence electrons. The molecule has 0 radical (unpaired) electrons. The van der Waals surface area contributed by atoms with Crippen molar-refractivity contribution in [1.29, 1.82) is 0 Å². The number of halogens is 3. The van der Waals surface area contributed by atoms with Gasteiger partial charge >= 0.3 is 23.9 Å². The van der Waals surface area contributed by atoms with Gasteiger partial charge in [0.15, 0.2) is 5.75 Å². The number of para-hydroxylation sites is 2. The van der Waals surface area contributed by atoms with E-state index in [1.54, 1.807) is 76.2 Å². The third-order valence-electron chi connectivity index (χ3n) is 23.5. The zero-order valence-electron chi connectivity index (χ0n) is 83.6. The zero-order chi connectivity index (χ0) is 106. The second-order valence-electron chi connectivity index (χ2n) is 35.2. The van der Waals surface area contributed by atoms with E-state index in [9.17, 15) is 44.1 Å². The lowest BCUT2D eigenvalue weighted by atomic mass is 9.96. The molecule has 0 aliphatic rings. The molecule has 0 aliphatic carbocycles. The van der Waals surface area contributed by atoms with Gasteiger partial charge in [-0.3, -0.25) is 4.79 Å². The molecule has 2 heterocycles. The predicted octanol–water partition coefficient (Wildman–Crippen LogP) is 29.9. The first-order chi connectivity index (χ1) is 72.2. The molecule has 0 bridgehead atoms. The van der Waals surface area contributed by atoms with E-state index in [0.29, 0.717) is 116 Å². The molecule has 4 N–H and O–H groups in total. The smallest absolute Gasteiger partial charge is 0.339 e. The Morgan fingerprint density at radius 2 is 0.678 bits per heavy atom. The summed E-state index contributed by atoms with van der Waals surface area (Å²) >= 11 is 18.1. The third kappa shape index (κ3) is 37.1. The Labute approximate surface area is 883 Å². The SMILES string of the molecule is CC(=O)C(C)CCCc1cccc(OCc2ccc3ccccc3n2)c1.CC(=O)CCC(C)Cc1cccc(OCc2ccc3ccccc3n2)c1.Cc1c(C(=O)O)cc(Cl)c(OCc2ccccc2)c1Cl.Cc1cc(OCc2ccccc2)cc(OCc2ccccc2)c1C(=O)O.O=C(O)c1ccc(OCc2ccc(Cl)cc2)cc1OCc1ccccc1.O=C(O)c1ccc(OCc2ccccc2)cc1OCc1ccccc1. The first kappa shape index (κ1) is 111. The monoisotopic (exact) mass is 2050 g/mol. The van der Waals surface area contributed by atoms with Crippen LogP contribution in [0.3, 0.4) is 0 Å². The fraction of sp³-hybridized carbons (Fsp3) is 0.184. The van der Waals surface area contributed by atoms with E-state index in [1.165, 1.54) is 29.3 Å². The lowest BCUT2D eigenvalue weighted by Crippen LogP contribution is -2.07. The van der Waals surface area contributed by atoms with Gasteiger partial charge in [0, 0.05) is 46.3 Å². The summed E-state index contributed by atoms with van der Waals surface area (Å²) < 4.78 is 52.0. The summed E-state index contributed by atoms with van der Waals surface area (Å²) in [6, 6.07) is 120. The van der Waals surface area contributed by atoms with Gasteiger partial charge in [0.1, 0.15) is 134 Å². The maximum absolute atomic E-state index is 11.6. The van der Waals surface area contributed by atoms with Crippen molar-refractivity contribution >= 4 is 92.1 Å². The van der Waals surface area contributed by atoms with Crippen molar-refractivity contribution in [2.45, 2.75) is 140 Å². The van der Waals surface area contributed by atoms with Gasteiger partial charge in [0.05, 0.1) is 38.0 Å². The lowest BCUT2D eigenvalue weighted by Gasteiger charge is -2.14. The standard InChI is InChI=1S/2C23H25NO2.C22H20O4.C21H17ClO4.C21H18O4.C15H12Cl2O3/c1-17(18(2)25)7-5-8-19-9-6-11-22(15-19)26-16-21-14-13-20-10-3-4-12-23(20)24-21;1-17(10-11-18(2)25)14-19-6-5-8-22(15-19)26-16-21-13-12-20-7-3-4-9-23(20)24-21;1-16-12-19(25-14-17-8-4-2-5-9-17)13-20(21(16)22(23)24)26-15-18-10-6-3-7-11-18;22-17-8-6-16(7-9-17)13-25-18-10-11-19(21(23)24)20(12-18)26-14-15-4-2-1-3-5-15;22-21(23)19-12-11-18(24-14-16-7-3-1-4-8-16)13-20(19)25-15-17-9-5-2-6-10-17;1-9-11(15(18)19)7-12(16)14(13(9)17)20-8-10-5-3-2-4-6-10/h3-4,6,9-15,17H,5,7-8,16H2,1-2H3;3-9,12-13,15,17H,10-11,14,16H2,1-2H3;2-13H,14-15H2,1H3,(H,23,24);1-12H,13-14H2,(H,23,24);1-13H,14-15H2,(H,22,23);2-7H,8H2,1H3,(H,18,19). The zero-order valence-corrected chi connectivity index (χ0v) is 85.8. The normalized spacial score (nSPS) is 10.9. The summed E-state index contributed by atoms with van der Waals surface area (Å²) in [7, 11) is 0. The maximum Gasteiger partial charge on any atom is 0.339 e. The van der Waals surface area contributed by atoms with Crippen LogP contribution < -0.4 is 42.6 Å². The second-order valence-corrected chi connectivity index (χ2v) is 36.4. The van der Waals surface area contributed by atoms with E-state index in [4.69, 9.17) is 82.5 Å². The van der Waals surface area contributed by atoms with Gasteiger partial charge < -0.3 is 67.9 Å². The van der Waals surface area contributed by atoms with Crippen molar-refractivity contribution in [3.05, 3.63) is 492 Å². The Hall–Kier alpha value is -16.6. The van der Waals surface area contributed by atoms with Gasteiger partial charge in [0.2, 0.25) is 0 Å². The molecular weight excluding hydrogens is 1940 g/mol. The number of hydrogen-bond acceptors (Lipinski definition) is 17. The number of Topliss-reactive ketones (excluding diaryl/α,β-unsaturated/α-hetero) is 2. The molecular formula is C125H117Cl3N2O19. The summed E-state index contributed by atoms with van der Waals surface area (Å²) in [6.07, 6.45) is 5.45. The number of aromatic carboxylic acids is 4. The van der Waals surface area contributed by atoms with E-state index in [2.05, 4.69) is 65.4 Å². The largest absolute Gasteiger partial charge is 0.489 e. The number of aryl methyl sites for hydroxylation is 2. The fourth-order valence-corrected chi connectivity index (χ4v) is 15.9. The number of nitrogens with zero attached hydrogens (tertiary/aromatic N) is 2. The maximum atomic E-state index is 11.6. The molecule has 21 nitrogen and oxygen atoms in total. The number of hydrogen-bond donors (Lipinski definition) is 4. The van der Waals surface area contributed by atoms with Gasteiger partial charge in [-0.1, -0.05) is 316 Å². The van der Waals surface area contributed by atoms with Crippen LogP contribution >= 0.6 is 34.8 Å². The second kappa shape index (κ2) is 58.5. The number of carbonyl (C=O) groups is 6. The van der Waals surface area contributed by atoms with E-state index in [1.807, 2.05) is 274 Å². The number of pyridine rings is 2. The molecule has 2 aromatic heterocycles. The molecule has 0 saturated carbocycles. The Bertz CT molecular complexity index is 7220. The lowest BCUT2D eigenvalue weighted by molar-refractivity contribution is -0.120. The van der Waals surface area contributed by atoms with Crippen molar-refractivity contribution in [2.24, 2.45) is 11.8 Å². The van der Waals surface area contributed by atoms with Crippen LogP contribution in [0.4, 0.5) is 0 Å². The highest BCUT2D eigenvalue weighted by atomic mass is 35.5. The van der Waals surface area contributed by atoms with Crippen LogP contribution in [-0.2, 0) is 81.9 Å². The molecule has 2 atom stereocenters. The minimum absolute atomic E-state index is 0.0760. The van der Waals surface area contributed by atoms with Crippen molar-refractivity contribution < 1.29 is 91.8 Å². The van der Waals surface area contributed by atoms with E-state index in [0.717, 1.165) is 116 Å². The number of benzene rings is 15. The number of carboxylic acids is 4. The van der Waals surface area contributed by atoms with Crippen molar-refractivity contribution in [3.8, 4) is 51.7 Å². The third-order valence-corrected chi connectivity index (χ3v) is 24.5. The first-order valence-electron chi connectivity index (χ1n) is 48.5. The van der Waals surface area contributed by atoms with Crippen LogP contribution in [0, 0.1) is 25.7 Å². The van der Waals surface area contributed by atoms with Gasteiger partial charge in [-0.2, -0.15) is 0 Å². The number of carbonyl (C=O) groups excluding carboxylic acids is 2. The quantitative estimate of drug-likeness (QED) is 0.0277. The minimum atomic E-state index is -1.07. The van der Waals surface area contributed by atoms with Crippen LogP contribution in [0.5, 0.6) is 51.7 Å². The average Bonchev–Trinajstić information content (AvgIpc) is 0.804. The minimum Gasteiger partial charge on any atom is -0.489 e. The summed E-state index contributed by atoms with van der Waals surface area (Å²) in [5, 5.41) is 40.6. The molecule has 0 saturated heterocycles. The van der Waals surface area contributed by atoms with Gasteiger partial charge in [-0.25, -0.2) is 29.1 Å². The molecule has 0 amide bonds. The van der Waals surface area contributed by atoms with Gasteiger partial charge in [0.25, 0.3) is 0 Å². The molecule has 17 aromatic rings. The average molecular weight is 2060 g/mol. The van der Waals surface area contributed by atoms with Crippen LogP contribution in [0.15, 0.2) is 382 Å². The summed E-state index contributed by atoms with van der Waals surface area (Å²) in [5.41, 5.74) is 14.7. The first-order valence-corrected chi connectivity index (χ1v) is 49.7. The number of ketones is 2. The molecule has 0 spiro atoms. The van der Waals surface area contributed by atoms with Crippen molar-refractivity contribution in [1.82, 2.24) is 9.97 Å². The molecule has 149 heavy (non-hydrogen) atoms. The molecule has 0 fully saturated rings. The number of rotatable bonds is 41. The van der Waals surface area contributed by atoms with E-state index < -0.39 is 23.9 Å². The van der Waals surface area contributed by atoms with E-state index >= 15 is 0 Å². The highest BCUT2D eigenvalue weighted by molar-refractivity contribution is 6.38. The topological polar surface area (TPSA) is 292 Å². The Morgan fingerprint density at radius 3 is 1.10 bits per heavy atom. The van der Waals surface area contributed by atoms with Crippen LogP contribution in [0.2, 0.25) is 15.1 Å². The van der Waals surface area contributed by atoms with Crippen molar-refractivity contribution in [2.75, 3.05) is 0 Å².